The first-order valence-electron chi connectivity index (χ1n) is 9.02. The molecule has 27 heavy (non-hydrogen) atoms. The van der Waals surface area contributed by atoms with Gasteiger partial charge in [0.25, 0.3) is 10.0 Å². The van der Waals surface area contributed by atoms with E-state index in [1.54, 1.807) is 0 Å². The van der Waals surface area contributed by atoms with Gasteiger partial charge in [-0.15, -0.1) is 11.3 Å². The molecule has 0 saturated heterocycles. The molecule has 2 aromatic rings. The van der Waals surface area contributed by atoms with Crippen LogP contribution in [0.4, 0.5) is 10.5 Å². The maximum absolute atomic E-state index is 12.4. The molecular weight excluding hydrogens is 382 g/mol. The first-order chi connectivity index (χ1) is 12.9. The zero-order valence-corrected chi connectivity index (χ0v) is 16.7. The van der Waals surface area contributed by atoms with Gasteiger partial charge in [0.05, 0.1) is 5.41 Å². The molecule has 0 saturated carbocycles. The van der Waals surface area contributed by atoms with E-state index in [9.17, 15) is 13.2 Å². The number of hydrogen-bond acceptors (Lipinski definition) is 5. The number of sulfonamides is 1. The lowest BCUT2D eigenvalue weighted by atomic mass is 9.99. The van der Waals surface area contributed by atoms with E-state index in [1.165, 1.54) is 28.5 Å². The lowest BCUT2D eigenvalue weighted by Crippen LogP contribution is -2.33. The van der Waals surface area contributed by atoms with Crippen molar-refractivity contribution in [3.05, 3.63) is 49.8 Å². The van der Waals surface area contributed by atoms with E-state index in [0.29, 0.717) is 5.01 Å². The molecule has 1 aromatic heterocycles. The van der Waals surface area contributed by atoms with E-state index in [2.05, 4.69) is 21.1 Å². The molecule has 0 radical (unpaired) electrons. The van der Waals surface area contributed by atoms with Gasteiger partial charge in [-0.3, -0.25) is 0 Å². The van der Waals surface area contributed by atoms with Crippen LogP contribution in [0.2, 0.25) is 0 Å². The number of hydrogen-bond donors (Lipinski definition) is 2. The van der Waals surface area contributed by atoms with Crippen LogP contribution >= 0.6 is 11.3 Å². The summed E-state index contributed by atoms with van der Waals surface area (Å²) in [6, 6.07) is 1.55. The number of rotatable bonds is 4. The molecule has 0 unspecified atom stereocenters. The Morgan fingerprint density at radius 2 is 1.81 bits per heavy atom. The Morgan fingerprint density at radius 1 is 1.15 bits per heavy atom. The van der Waals surface area contributed by atoms with Crippen molar-refractivity contribution in [3.8, 4) is 0 Å². The van der Waals surface area contributed by atoms with Gasteiger partial charge in [-0.1, -0.05) is 6.07 Å². The third kappa shape index (κ3) is 3.91. The van der Waals surface area contributed by atoms with E-state index in [4.69, 9.17) is 0 Å². The Bertz CT molecular complexity index is 1010. The number of anilines is 1. The van der Waals surface area contributed by atoms with Crippen molar-refractivity contribution in [3.63, 3.8) is 0 Å². The van der Waals surface area contributed by atoms with Gasteiger partial charge in [-0.05, 0) is 73.8 Å². The molecule has 2 aliphatic carbocycles. The monoisotopic (exact) mass is 403 g/mol. The molecule has 8 heteroatoms. The van der Waals surface area contributed by atoms with Crippen LogP contribution in [-0.2, 0) is 35.7 Å². The SMILES string of the molecule is Cc1csc(/C=C/S(=O)(=O)NC(=O)Nc2c3c(cc4c2CCC4)CCC3)n1. The highest BCUT2D eigenvalue weighted by molar-refractivity contribution is 7.93. The number of nitrogens with zero attached hydrogens (tertiary/aromatic N) is 1. The van der Waals surface area contributed by atoms with E-state index >= 15 is 0 Å². The normalized spacial score (nSPS) is 15.7. The minimum atomic E-state index is -3.89. The fourth-order valence-electron chi connectivity index (χ4n) is 3.87. The van der Waals surface area contributed by atoms with E-state index in [0.717, 1.165) is 66.4 Å². The molecule has 0 atom stereocenters. The minimum absolute atomic E-state index is 0.581. The predicted molar refractivity (Wildman–Crippen MR) is 107 cm³/mol. The van der Waals surface area contributed by atoms with Gasteiger partial charge in [0, 0.05) is 16.8 Å². The molecule has 1 heterocycles. The summed E-state index contributed by atoms with van der Waals surface area (Å²) in [5.74, 6) is 0. The fourth-order valence-corrected chi connectivity index (χ4v) is 5.32. The minimum Gasteiger partial charge on any atom is -0.307 e. The summed E-state index contributed by atoms with van der Waals surface area (Å²) in [5, 5.41) is 6.22. The molecule has 4 rings (SSSR count). The van der Waals surface area contributed by atoms with Crippen LogP contribution in [0.25, 0.3) is 6.08 Å². The quantitative estimate of drug-likeness (QED) is 0.817. The van der Waals surface area contributed by atoms with Gasteiger partial charge in [0.2, 0.25) is 0 Å². The molecule has 6 nitrogen and oxygen atoms in total. The molecular formula is C19H21N3O3S2. The van der Waals surface area contributed by atoms with Crippen molar-refractivity contribution in [2.75, 3.05) is 5.32 Å². The van der Waals surface area contributed by atoms with Gasteiger partial charge >= 0.3 is 6.03 Å². The Kier molecular flexibility index (Phi) is 4.77. The average molecular weight is 404 g/mol. The number of nitrogens with one attached hydrogen (secondary N) is 2. The fraction of sp³-hybridized carbons (Fsp3) is 0.368. The van der Waals surface area contributed by atoms with Gasteiger partial charge in [0.15, 0.2) is 0 Å². The summed E-state index contributed by atoms with van der Waals surface area (Å²) in [6.07, 6.45) is 7.43. The number of fused-ring (bicyclic) bond motifs is 2. The van der Waals surface area contributed by atoms with E-state index in [1.807, 2.05) is 12.3 Å². The van der Waals surface area contributed by atoms with Crippen molar-refractivity contribution >= 4 is 39.2 Å². The molecule has 2 aliphatic rings. The number of carbonyl (C=O) groups excluding carboxylic acids is 1. The maximum atomic E-state index is 12.4. The molecule has 1 aromatic carbocycles. The second kappa shape index (κ2) is 7.09. The highest BCUT2D eigenvalue weighted by Crippen LogP contribution is 2.38. The Hall–Kier alpha value is -2.19. The van der Waals surface area contributed by atoms with Gasteiger partial charge in [0.1, 0.15) is 5.01 Å². The number of aryl methyl sites for hydroxylation is 3. The van der Waals surface area contributed by atoms with E-state index < -0.39 is 16.1 Å². The third-order valence-electron chi connectivity index (χ3n) is 4.97. The maximum Gasteiger partial charge on any atom is 0.333 e. The van der Waals surface area contributed by atoms with Gasteiger partial charge < -0.3 is 5.32 Å². The van der Waals surface area contributed by atoms with Crippen molar-refractivity contribution < 1.29 is 13.2 Å². The number of carbonyl (C=O) groups is 1. The summed E-state index contributed by atoms with van der Waals surface area (Å²) >= 11 is 1.35. The van der Waals surface area contributed by atoms with Crippen molar-refractivity contribution in [2.45, 2.75) is 45.4 Å². The average Bonchev–Trinajstić information content (AvgIpc) is 3.32. The van der Waals surface area contributed by atoms with Crippen molar-refractivity contribution in [1.29, 1.82) is 0 Å². The van der Waals surface area contributed by atoms with Crippen LogP contribution in [0, 0.1) is 6.92 Å². The van der Waals surface area contributed by atoms with Crippen LogP contribution in [0.1, 0.15) is 45.8 Å². The first kappa shape index (κ1) is 18.2. The number of urea groups is 1. The third-order valence-corrected chi connectivity index (χ3v) is 6.87. The molecule has 0 fully saturated rings. The molecule has 0 aliphatic heterocycles. The lowest BCUT2D eigenvalue weighted by molar-refractivity contribution is 0.256. The van der Waals surface area contributed by atoms with Crippen LogP contribution in [0.5, 0.6) is 0 Å². The summed E-state index contributed by atoms with van der Waals surface area (Å²) in [4.78, 5) is 16.6. The van der Waals surface area contributed by atoms with Crippen LogP contribution in [0.15, 0.2) is 16.9 Å². The molecule has 142 valence electrons. The Labute approximate surface area is 162 Å². The van der Waals surface area contributed by atoms with Crippen molar-refractivity contribution in [2.24, 2.45) is 0 Å². The van der Waals surface area contributed by atoms with E-state index in [-0.39, 0.29) is 0 Å². The number of aromatic nitrogens is 1. The summed E-state index contributed by atoms with van der Waals surface area (Å²) in [5.41, 5.74) is 6.55. The first-order valence-corrected chi connectivity index (χ1v) is 11.4. The predicted octanol–water partition coefficient (Wildman–Crippen LogP) is 3.55. The highest BCUT2D eigenvalue weighted by atomic mass is 32.2. The molecule has 0 spiro atoms. The van der Waals surface area contributed by atoms with Crippen LogP contribution < -0.4 is 10.0 Å². The van der Waals surface area contributed by atoms with Crippen LogP contribution in [-0.4, -0.2) is 19.4 Å². The largest absolute Gasteiger partial charge is 0.333 e. The molecule has 2 amide bonds. The standard InChI is InChI=1S/C19H21N3O3S2/c1-12-11-26-17(20-12)8-9-27(24,25)22-19(23)21-18-15-6-2-4-13(15)10-14-5-3-7-16(14)18/h8-11H,2-7H2,1H3,(H2,21,22,23)/b9-8+. The zero-order chi connectivity index (χ0) is 19.0. The second-order valence-corrected chi connectivity index (χ2v) is 9.42. The summed E-state index contributed by atoms with van der Waals surface area (Å²) in [6.45, 7) is 1.84. The molecule has 0 bridgehead atoms. The topological polar surface area (TPSA) is 88.2 Å². The van der Waals surface area contributed by atoms with Gasteiger partial charge in [-0.2, -0.15) is 0 Å². The van der Waals surface area contributed by atoms with Gasteiger partial charge in [-0.25, -0.2) is 22.9 Å². The number of amides is 2. The van der Waals surface area contributed by atoms with Crippen LogP contribution in [0.3, 0.4) is 0 Å². The molecule has 2 N–H and O–H groups in total. The smallest absolute Gasteiger partial charge is 0.307 e. The Morgan fingerprint density at radius 3 is 2.41 bits per heavy atom. The summed E-state index contributed by atoms with van der Waals surface area (Å²) < 4.78 is 26.5. The van der Waals surface area contributed by atoms with Crippen molar-refractivity contribution in [1.82, 2.24) is 9.71 Å². The highest BCUT2D eigenvalue weighted by Gasteiger charge is 2.25. The summed E-state index contributed by atoms with van der Waals surface area (Å²) in [7, 11) is -3.89. The lowest BCUT2D eigenvalue weighted by Gasteiger charge is -2.16. The number of thiazole rings is 1. The second-order valence-electron chi connectivity index (χ2n) is 6.97. The number of benzene rings is 1. The Balaban J connectivity index is 1.51. The zero-order valence-electron chi connectivity index (χ0n) is 15.0.